The van der Waals surface area contributed by atoms with Crippen LogP contribution in [0.2, 0.25) is 0 Å². The fraction of sp³-hybridized carbons (Fsp3) is 0.231. The summed E-state index contributed by atoms with van der Waals surface area (Å²) in [6, 6.07) is 0. The summed E-state index contributed by atoms with van der Waals surface area (Å²) >= 11 is 11.9. The number of rotatable bonds is 6. The highest BCUT2D eigenvalue weighted by atomic mass is 35.5. The van der Waals surface area contributed by atoms with Gasteiger partial charge in [0.25, 0.3) is 5.91 Å². The third-order valence-electron chi connectivity index (χ3n) is 2.41. The van der Waals surface area contributed by atoms with Crippen LogP contribution in [0.4, 0.5) is 0 Å². The maximum absolute atomic E-state index is 12.1. The van der Waals surface area contributed by atoms with E-state index in [4.69, 9.17) is 32.8 Å². The molecule has 0 saturated heterocycles. The molecule has 0 spiro atoms. The van der Waals surface area contributed by atoms with Gasteiger partial charge < -0.3 is 14.9 Å². The lowest BCUT2D eigenvalue weighted by atomic mass is 10.0. The van der Waals surface area contributed by atoms with Gasteiger partial charge in [-0.2, -0.15) is 0 Å². The predicted octanol–water partition coefficient (Wildman–Crippen LogP) is 2.59. The first-order chi connectivity index (χ1) is 9.43. The zero-order valence-corrected chi connectivity index (χ0v) is 12.4. The second-order valence-corrected chi connectivity index (χ2v) is 4.64. The molecule has 0 bridgehead atoms. The van der Waals surface area contributed by atoms with Crippen LogP contribution in [-0.4, -0.2) is 29.3 Å². The number of carbonyl (C=O) groups excluding carboxylic acids is 1. The summed E-state index contributed by atoms with van der Waals surface area (Å²) in [7, 11) is 0. The van der Waals surface area contributed by atoms with Crippen molar-refractivity contribution in [3.05, 3.63) is 46.3 Å². The van der Waals surface area contributed by atoms with Crippen molar-refractivity contribution in [2.45, 2.75) is 6.92 Å². The van der Waals surface area contributed by atoms with E-state index >= 15 is 0 Å². The van der Waals surface area contributed by atoms with Crippen molar-refractivity contribution in [3.8, 4) is 0 Å². The Bertz CT molecular complexity index is 576. The summed E-state index contributed by atoms with van der Waals surface area (Å²) in [6.45, 7) is 8.65. The number of nitrogens with zero attached hydrogens (tertiary/aromatic N) is 1. The quantitative estimate of drug-likeness (QED) is 0.791. The zero-order chi connectivity index (χ0) is 15.3. The van der Waals surface area contributed by atoms with Gasteiger partial charge in [0.05, 0.1) is 11.6 Å². The van der Waals surface area contributed by atoms with Gasteiger partial charge in [-0.3, -0.25) is 4.79 Å². The number of allylic oxidation sites excluding steroid dienone is 4. The van der Waals surface area contributed by atoms with E-state index in [1.165, 1.54) is 6.08 Å². The first kappa shape index (κ1) is 16.5. The van der Waals surface area contributed by atoms with E-state index < -0.39 is 5.91 Å². The van der Waals surface area contributed by atoms with E-state index in [2.05, 4.69) is 23.6 Å². The molecular formula is C13H14Cl2N2O3. The van der Waals surface area contributed by atoms with E-state index in [0.29, 0.717) is 5.76 Å². The minimum Gasteiger partial charge on any atom is -0.395 e. The number of halogens is 2. The molecule has 5 nitrogen and oxygen atoms in total. The normalized spacial score (nSPS) is 11.8. The summed E-state index contributed by atoms with van der Waals surface area (Å²) in [5.41, 5.74) is 0.646. The molecule has 1 aromatic rings. The molecule has 1 aromatic heterocycles. The third-order valence-corrected chi connectivity index (χ3v) is 2.95. The maximum atomic E-state index is 12.1. The van der Waals surface area contributed by atoms with E-state index in [-0.39, 0.29) is 40.0 Å². The molecule has 0 aliphatic heterocycles. The molecule has 0 fully saturated rings. The second-order valence-electron chi connectivity index (χ2n) is 3.77. The Labute approximate surface area is 126 Å². The molecule has 108 valence electrons. The van der Waals surface area contributed by atoms with Gasteiger partial charge >= 0.3 is 0 Å². The highest BCUT2D eigenvalue weighted by Gasteiger charge is 2.25. The van der Waals surface area contributed by atoms with E-state index in [1.54, 1.807) is 6.92 Å². The topological polar surface area (TPSA) is 75.4 Å². The van der Waals surface area contributed by atoms with Crippen LogP contribution in [-0.2, 0) is 0 Å². The van der Waals surface area contributed by atoms with Gasteiger partial charge in [-0.05, 0) is 13.0 Å². The number of nitrogens with one attached hydrogen (secondary N) is 1. The maximum Gasteiger partial charge on any atom is 0.257 e. The van der Waals surface area contributed by atoms with Crippen molar-refractivity contribution in [1.82, 2.24) is 10.5 Å². The van der Waals surface area contributed by atoms with Gasteiger partial charge in [0.1, 0.15) is 17.0 Å². The number of hydrogen-bond acceptors (Lipinski definition) is 4. The van der Waals surface area contributed by atoms with Gasteiger partial charge in [-0.15, -0.1) is 0 Å². The standard InChI is InChI=1S/C13H14Cl2N2O3/c1-4-9(15)10(7(2)14)12-11(8(3)20-17-12)13(19)16-5-6-18/h4,18H,1-2,5-6H2,3H3,(H,16,19)/b10-9-. The zero-order valence-electron chi connectivity index (χ0n) is 10.9. The van der Waals surface area contributed by atoms with Crippen LogP contribution in [0.1, 0.15) is 21.8 Å². The van der Waals surface area contributed by atoms with Gasteiger partial charge in [0.2, 0.25) is 0 Å². The van der Waals surface area contributed by atoms with Crippen LogP contribution < -0.4 is 5.32 Å². The van der Waals surface area contributed by atoms with Gasteiger partial charge in [-0.1, -0.05) is 41.5 Å². The van der Waals surface area contributed by atoms with Crippen LogP contribution >= 0.6 is 23.2 Å². The number of hydrogen-bond donors (Lipinski definition) is 2. The van der Waals surface area contributed by atoms with Gasteiger partial charge in [0, 0.05) is 17.2 Å². The summed E-state index contributed by atoms with van der Waals surface area (Å²) < 4.78 is 5.02. The SMILES string of the molecule is C=C/C(Cl)=C(\C(=C)Cl)c1noc(C)c1C(=O)NCCO. The molecule has 2 N–H and O–H groups in total. The lowest BCUT2D eigenvalue weighted by Crippen LogP contribution is -2.27. The molecule has 0 aliphatic rings. The highest BCUT2D eigenvalue weighted by molar-refractivity contribution is 6.42. The minimum atomic E-state index is -0.447. The summed E-state index contributed by atoms with van der Waals surface area (Å²) in [4.78, 5) is 12.1. The average molecular weight is 317 g/mol. The highest BCUT2D eigenvalue weighted by Crippen LogP contribution is 2.33. The number of aromatic nitrogens is 1. The lowest BCUT2D eigenvalue weighted by Gasteiger charge is -2.07. The van der Waals surface area contributed by atoms with E-state index in [9.17, 15) is 4.79 Å². The largest absolute Gasteiger partial charge is 0.395 e. The molecule has 0 aliphatic carbocycles. The first-order valence-corrected chi connectivity index (χ1v) is 6.42. The van der Waals surface area contributed by atoms with Crippen molar-refractivity contribution in [1.29, 1.82) is 0 Å². The molecular weight excluding hydrogens is 303 g/mol. The van der Waals surface area contributed by atoms with Gasteiger partial charge in [0.15, 0.2) is 0 Å². The Morgan fingerprint density at radius 1 is 1.55 bits per heavy atom. The molecule has 1 amide bonds. The summed E-state index contributed by atoms with van der Waals surface area (Å²) in [6.07, 6.45) is 1.36. The van der Waals surface area contributed by atoms with E-state index in [0.717, 1.165) is 0 Å². The van der Waals surface area contributed by atoms with Crippen LogP contribution in [0.25, 0.3) is 5.57 Å². The Morgan fingerprint density at radius 3 is 2.70 bits per heavy atom. The van der Waals surface area contributed by atoms with Crippen molar-refractivity contribution >= 4 is 34.7 Å². The average Bonchev–Trinajstić information content (AvgIpc) is 2.77. The van der Waals surface area contributed by atoms with Gasteiger partial charge in [-0.25, -0.2) is 0 Å². The van der Waals surface area contributed by atoms with Crippen LogP contribution in [0.15, 0.2) is 33.8 Å². The molecule has 0 saturated carbocycles. The lowest BCUT2D eigenvalue weighted by molar-refractivity contribution is 0.0943. The molecule has 0 radical (unpaired) electrons. The third kappa shape index (κ3) is 3.50. The van der Waals surface area contributed by atoms with Crippen molar-refractivity contribution in [3.63, 3.8) is 0 Å². The fourth-order valence-corrected chi connectivity index (χ4v) is 1.98. The molecule has 1 heterocycles. The fourth-order valence-electron chi connectivity index (χ4n) is 1.54. The molecule has 0 atom stereocenters. The number of aliphatic hydroxyl groups excluding tert-OH is 1. The van der Waals surface area contributed by atoms with Crippen molar-refractivity contribution in [2.24, 2.45) is 0 Å². The van der Waals surface area contributed by atoms with Crippen LogP contribution in [0.5, 0.6) is 0 Å². The molecule has 1 rings (SSSR count). The molecule has 0 unspecified atom stereocenters. The minimum absolute atomic E-state index is 0.110. The Hall–Kier alpha value is -1.56. The van der Waals surface area contributed by atoms with Crippen molar-refractivity contribution in [2.75, 3.05) is 13.2 Å². The summed E-state index contributed by atoms with van der Waals surface area (Å²) in [5.74, 6) is -0.142. The Balaban J connectivity index is 3.36. The van der Waals surface area contributed by atoms with Crippen LogP contribution in [0.3, 0.4) is 0 Å². The Kier molecular flexibility index (Phi) is 6.01. The first-order valence-electron chi connectivity index (χ1n) is 5.66. The number of carbonyl (C=O) groups is 1. The molecule has 20 heavy (non-hydrogen) atoms. The predicted molar refractivity (Wildman–Crippen MR) is 78.6 cm³/mol. The van der Waals surface area contributed by atoms with E-state index in [1.807, 2.05) is 0 Å². The number of aryl methyl sites for hydroxylation is 1. The molecule has 7 heteroatoms. The molecule has 0 aromatic carbocycles. The smallest absolute Gasteiger partial charge is 0.257 e. The number of aliphatic hydroxyl groups is 1. The Morgan fingerprint density at radius 2 is 2.20 bits per heavy atom. The number of amides is 1. The monoisotopic (exact) mass is 316 g/mol. The second kappa shape index (κ2) is 7.28. The summed E-state index contributed by atoms with van der Waals surface area (Å²) in [5, 5.41) is 15.4. The van der Waals surface area contributed by atoms with Crippen molar-refractivity contribution < 1.29 is 14.4 Å². The van der Waals surface area contributed by atoms with Crippen LogP contribution in [0, 0.1) is 6.92 Å².